The van der Waals surface area contributed by atoms with Crippen molar-refractivity contribution in [3.63, 3.8) is 0 Å². The molecule has 7 heteroatoms. The Hall–Kier alpha value is -1.09. The van der Waals surface area contributed by atoms with Gasteiger partial charge in [0.25, 0.3) is 0 Å². The second kappa shape index (κ2) is 8.14. The molecule has 1 aliphatic carbocycles. The summed E-state index contributed by atoms with van der Waals surface area (Å²) in [5, 5.41) is 10.5. The van der Waals surface area contributed by atoms with Crippen molar-refractivity contribution in [2.45, 2.75) is 24.8 Å². The van der Waals surface area contributed by atoms with Gasteiger partial charge in [0.15, 0.2) is 5.96 Å². The highest BCUT2D eigenvalue weighted by molar-refractivity contribution is 14.0. The number of nitrogens with one attached hydrogen (secondary N) is 2. The number of rotatable bonds is 5. The van der Waals surface area contributed by atoms with E-state index in [0.717, 1.165) is 18.2 Å². The maximum atomic E-state index is 4.82. The van der Waals surface area contributed by atoms with Crippen LogP contribution in [0.4, 0.5) is 0 Å². The van der Waals surface area contributed by atoms with Crippen LogP contribution in [-0.4, -0.2) is 24.7 Å². The third kappa shape index (κ3) is 4.47. The van der Waals surface area contributed by atoms with Crippen LogP contribution in [0.5, 0.6) is 0 Å². The number of nitrogens with zero attached hydrogens (tertiary/aromatic N) is 2. The van der Waals surface area contributed by atoms with Gasteiger partial charge in [-0.1, -0.05) is 39.3 Å². The first-order valence-electron chi connectivity index (χ1n) is 7.32. The van der Waals surface area contributed by atoms with Crippen molar-refractivity contribution < 1.29 is 4.52 Å². The molecule has 1 aromatic heterocycles. The topological polar surface area (TPSA) is 62.5 Å². The highest BCUT2D eigenvalue weighted by atomic mass is 127. The van der Waals surface area contributed by atoms with Crippen molar-refractivity contribution in [2.24, 2.45) is 4.99 Å². The van der Waals surface area contributed by atoms with E-state index in [4.69, 9.17) is 4.52 Å². The Morgan fingerprint density at radius 1 is 1.30 bits per heavy atom. The molecule has 1 aromatic carbocycles. The van der Waals surface area contributed by atoms with E-state index in [2.05, 4.69) is 61.0 Å². The molecule has 0 radical (unpaired) electrons. The van der Waals surface area contributed by atoms with E-state index in [1.807, 2.05) is 6.07 Å². The van der Waals surface area contributed by atoms with Gasteiger partial charge in [0.1, 0.15) is 12.0 Å². The zero-order chi connectivity index (χ0) is 15.4. The van der Waals surface area contributed by atoms with Crippen molar-refractivity contribution in [2.75, 3.05) is 13.6 Å². The molecule has 2 N–H and O–H groups in total. The van der Waals surface area contributed by atoms with Crippen LogP contribution < -0.4 is 10.6 Å². The van der Waals surface area contributed by atoms with Crippen LogP contribution >= 0.6 is 39.9 Å². The van der Waals surface area contributed by atoms with Crippen molar-refractivity contribution in [3.8, 4) is 0 Å². The average molecular weight is 491 g/mol. The van der Waals surface area contributed by atoms with Gasteiger partial charge in [-0.2, -0.15) is 0 Å². The quantitative estimate of drug-likeness (QED) is 0.383. The van der Waals surface area contributed by atoms with Crippen molar-refractivity contribution in [1.29, 1.82) is 0 Å². The number of hydrogen-bond donors (Lipinski definition) is 2. The number of hydrogen-bond acceptors (Lipinski definition) is 3. The van der Waals surface area contributed by atoms with Crippen molar-refractivity contribution >= 4 is 45.9 Å². The summed E-state index contributed by atoms with van der Waals surface area (Å²) in [6.45, 7) is 1.46. The smallest absolute Gasteiger partial charge is 0.191 e. The SMILES string of the molecule is CN=C(NCc1ccon1)NCC1(c2ccccc2Br)CC1.I. The molecule has 5 nitrogen and oxygen atoms in total. The number of guanidine groups is 1. The Balaban J connectivity index is 0.00000192. The lowest BCUT2D eigenvalue weighted by Crippen LogP contribution is -2.41. The van der Waals surface area contributed by atoms with Gasteiger partial charge < -0.3 is 15.2 Å². The van der Waals surface area contributed by atoms with Gasteiger partial charge >= 0.3 is 0 Å². The lowest BCUT2D eigenvalue weighted by atomic mass is 9.96. The van der Waals surface area contributed by atoms with E-state index in [-0.39, 0.29) is 29.4 Å². The maximum Gasteiger partial charge on any atom is 0.191 e. The Bertz CT molecular complexity index is 656. The van der Waals surface area contributed by atoms with Crippen LogP contribution in [0.15, 0.2) is 50.6 Å². The molecule has 0 unspecified atom stereocenters. The normalized spacial score (nSPS) is 15.7. The van der Waals surface area contributed by atoms with E-state index in [9.17, 15) is 0 Å². The predicted molar refractivity (Wildman–Crippen MR) is 105 cm³/mol. The minimum atomic E-state index is 0. The largest absolute Gasteiger partial charge is 0.364 e. The van der Waals surface area contributed by atoms with E-state index in [1.165, 1.54) is 22.9 Å². The van der Waals surface area contributed by atoms with Crippen LogP contribution in [-0.2, 0) is 12.0 Å². The molecule has 0 atom stereocenters. The van der Waals surface area contributed by atoms with Gasteiger partial charge in [0, 0.05) is 29.5 Å². The Morgan fingerprint density at radius 3 is 2.70 bits per heavy atom. The molecule has 0 bridgehead atoms. The van der Waals surface area contributed by atoms with Crippen LogP contribution in [0, 0.1) is 0 Å². The molecular weight excluding hydrogens is 471 g/mol. The molecule has 23 heavy (non-hydrogen) atoms. The lowest BCUT2D eigenvalue weighted by molar-refractivity contribution is 0.410. The highest BCUT2D eigenvalue weighted by Gasteiger charge is 2.45. The Morgan fingerprint density at radius 2 is 2.09 bits per heavy atom. The van der Waals surface area contributed by atoms with Crippen molar-refractivity contribution in [3.05, 3.63) is 52.3 Å². The zero-order valence-electron chi connectivity index (χ0n) is 12.9. The highest BCUT2D eigenvalue weighted by Crippen LogP contribution is 2.49. The standard InChI is InChI=1S/C16H19BrN4O.HI/c1-18-15(19-10-12-6-9-22-21-12)20-11-16(7-8-16)13-4-2-3-5-14(13)17;/h2-6,9H,7-8,10-11H2,1H3,(H2,18,19,20);1H. The molecular formula is C16H20BrIN4O. The first-order valence-corrected chi connectivity index (χ1v) is 8.12. The van der Waals surface area contributed by atoms with Crippen LogP contribution in [0.3, 0.4) is 0 Å². The monoisotopic (exact) mass is 490 g/mol. The number of aliphatic imine (C=N–C) groups is 1. The van der Waals surface area contributed by atoms with Crippen LogP contribution in [0.2, 0.25) is 0 Å². The summed E-state index contributed by atoms with van der Waals surface area (Å²) in [7, 11) is 1.77. The first-order chi connectivity index (χ1) is 10.7. The predicted octanol–water partition coefficient (Wildman–Crippen LogP) is 3.45. The number of halogens is 2. The third-order valence-corrected chi connectivity index (χ3v) is 4.74. The molecule has 1 aliphatic rings. The fraction of sp³-hybridized carbons (Fsp3) is 0.375. The molecule has 1 saturated carbocycles. The third-order valence-electron chi connectivity index (χ3n) is 4.04. The van der Waals surface area contributed by atoms with Crippen LogP contribution in [0.1, 0.15) is 24.1 Å². The fourth-order valence-corrected chi connectivity index (χ4v) is 3.27. The molecule has 3 rings (SSSR count). The minimum absolute atomic E-state index is 0. The maximum absolute atomic E-state index is 4.82. The second-order valence-corrected chi connectivity index (χ2v) is 6.38. The van der Waals surface area contributed by atoms with Gasteiger partial charge in [-0.05, 0) is 24.5 Å². The number of benzene rings is 1. The minimum Gasteiger partial charge on any atom is -0.364 e. The fourth-order valence-electron chi connectivity index (χ4n) is 2.56. The molecule has 0 spiro atoms. The summed E-state index contributed by atoms with van der Waals surface area (Å²) in [5.41, 5.74) is 2.44. The summed E-state index contributed by atoms with van der Waals surface area (Å²) in [4.78, 5) is 4.26. The summed E-state index contributed by atoms with van der Waals surface area (Å²) < 4.78 is 6.00. The Kier molecular flexibility index (Phi) is 6.46. The zero-order valence-corrected chi connectivity index (χ0v) is 16.8. The molecule has 0 aliphatic heterocycles. The number of aromatic nitrogens is 1. The molecule has 1 heterocycles. The summed E-state index contributed by atoms with van der Waals surface area (Å²) in [6.07, 6.45) is 3.96. The molecule has 2 aromatic rings. The van der Waals surface area contributed by atoms with Gasteiger partial charge in [-0.25, -0.2) is 0 Å². The summed E-state index contributed by atoms with van der Waals surface area (Å²) >= 11 is 3.66. The van der Waals surface area contributed by atoms with E-state index in [0.29, 0.717) is 6.54 Å². The van der Waals surface area contributed by atoms with E-state index < -0.39 is 0 Å². The summed E-state index contributed by atoms with van der Waals surface area (Å²) in [5.74, 6) is 0.779. The Labute approximate surface area is 161 Å². The van der Waals surface area contributed by atoms with Gasteiger partial charge in [0.2, 0.25) is 0 Å². The van der Waals surface area contributed by atoms with Gasteiger partial charge in [-0.3, -0.25) is 4.99 Å². The lowest BCUT2D eigenvalue weighted by Gasteiger charge is -2.20. The van der Waals surface area contributed by atoms with Gasteiger partial charge in [0.05, 0.1) is 6.54 Å². The molecule has 0 saturated heterocycles. The second-order valence-electron chi connectivity index (χ2n) is 5.53. The first kappa shape index (κ1) is 18.3. The van der Waals surface area contributed by atoms with E-state index in [1.54, 1.807) is 13.3 Å². The van der Waals surface area contributed by atoms with Crippen molar-refractivity contribution in [1.82, 2.24) is 15.8 Å². The summed E-state index contributed by atoms with van der Waals surface area (Å²) in [6, 6.07) is 10.3. The van der Waals surface area contributed by atoms with Gasteiger partial charge in [-0.15, -0.1) is 24.0 Å². The van der Waals surface area contributed by atoms with E-state index >= 15 is 0 Å². The average Bonchev–Trinajstić information content (AvgIpc) is 3.13. The molecule has 0 amide bonds. The molecule has 124 valence electrons. The van der Waals surface area contributed by atoms with Crippen LogP contribution in [0.25, 0.3) is 0 Å². The molecule has 1 fully saturated rings.